The highest BCUT2D eigenvalue weighted by molar-refractivity contribution is 7.13. The van der Waals surface area contributed by atoms with Crippen LogP contribution in [0.15, 0.2) is 46.6 Å². The summed E-state index contributed by atoms with van der Waals surface area (Å²) in [7, 11) is 0. The summed E-state index contributed by atoms with van der Waals surface area (Å²) in [4.78, 5) is 28.2. The molecular formula is C16H11N3O2S. The molecule has 0 saturated carbocycles. The van der Waals surface area contributed by atoms with Gasteiger partial charge >= 0.3 is 0 Å². The minimum absolute atomic E-state index is 0.219. The molecule has 0 radical (unpaired) electrons. The van der Waals surface area contributed by atoms with Crippen molar-refractivity contribution in [3.63, 3.8) is 0 Å². The molecule has 6 heteroatoms. The lowest BCUT2D eigenvalue weighted by molar-refractivity contribution is 0.0924. The number of hydrogen-bond acceptors (Lipinski definition) is 4. The van der Waals surface area contributed by atoms with Gasteiger partial charge < -0.3 is 4.98 Å². The molecule has 0 spiro atoms. The standard InChI is InChI=1S/C16H11N3O2S/c1-9(20)19-15(12-7-4-8-22-12)13-14(18-19)10-5-2-3-6-11(10)17-16(13)21/h2-8H,1H3,(H,17,21). The topological polar surface area (TPSA) is 67.8 Å². The van der Waals surface area contributed by atoms with Crippen LogP contribution in [0.4, 0.5) is 0 Å². The number of carbonyl (C=O) groups is 1. The monoisotopic (exact) mass is 309 g/mol. The Morgan fingerprint density at radius 2 is 2.05 bits per heavy atom. The van der Waals surface area contributed by atoms with E-state index >= 15 is 0 Å². The number of fused-ring (bicyclic) bond motifs is 3. The first kappa shape index (κ1) is 13.0. The fourth-order valence-electron chi connectivity index (χ4n) is 2.67. The van der Waals surface area contributed by atoms with E-state index in [9.17, 15) is 9.59 Å². The molecule has 0 unspecified atom stereocenters. The maximum atomic E-state index is 12.5. The molecule has 4 rings (SSSR count). The van der Waals surface area contributed by atoms with Crippen molar-refractivity contribution in [1.82, 2.24) is 14.8 Å². The van der Waals surface area contributed by atoms with E-state index in [0.717, 1.165) is 10.3 Å². The van der Waals surface area contributed by atoms with Crippen molar-refractivity contribution in [3.05, 3.63) is 52.1 Å². The molecule has 1 N–H and O–H groups in total. The largest absolute Gasteiger partial charge is 0.321 e. The Balaban J connectivity index is 2.27. The summed E-state index contributed by atoms with van der Waals surface area (Å²) in [5, 5.41) is 7.61. The summed E-state index contributed by atoms with van der Waals surface area (Å²) >= 11 is 1.48. The van der Waals surface area contributed by atoms with Gasteiger partial charge in [-0.1, -0.05) is 24.3 Å². The van der Waals surface area contributed by atoms with E-state index in [-0.39, 0.29) is 11.5 Å². The number of thiophene rings is 1. The van der Waals surface area contributed by atoms with Crippen molar-refractivity contribution in [2.45, 2.75) is 6.92 Å². The van der Waals surface area contributed by atoms with Crippen LogP contribution in [0.1, 0.15) is 11.7 Å². The van der Waals surface area contributed by atoms with Gasteiger partial charge in [-0.05, 0) is 17.5 Å². The number of nitrogens with zero attached hydrogens (tertiary/aromatic N) is 2. The summed E-state index contributed by atoms with van der Waals surface area (Å²) in [5.41, 5.74) is 1.60. The van der Waals surface area contributed by atoms with Crippen LogP contribution in [-0.4, -0.2) is 20.7 Å². The number of carbonyl (C=O) groups excluding carboxylic acids is 1. The molecule has 5 nitrogen and oxygen atoms in total. The van der Waals surface area contributed by atoms with Crippen LogP contribution >= 0.6 is 11.3 Å². The van der Waals surface area contributed by atoms with Crippen LogP contribution in [0.2, 0.25) is 0 Å². The molecule has 3 aromatic heterocycles. The molecule has 0 saturated heterocycles. The Bertz CT molecular complexity index is 1070. The Morgan fingerprint density at radius 1 is 1.23 bits per heavy atom. The van der Waals surface area contributed by atoms with E-state index in [0.29, 0.717) is 22.1 Å². The maximum Gasteiger partial charge on any atom is 0.260 e. The predicted molar refractivity (Wildman–Crippen MR) is 87.5 cm³/mol. The molecule has 0 atom stereocenters. The number of H-pyrrole nitrogens is 1. The van der Waals surface area contributed by atoms with Gasteiger partial charge in [0.25, 0.3) is 5.56 Å². The van der Waals surface area contributed by atoms with Gasteiger partial charge in [0.05, 0.1) is 15.8 Å². The number of aromatic amines is 1. The van der Waals surface area contributed by atoms with Crippen molar-refractivity contribution in [2.24, 2.45) is 0 Å². The van der Waals surface area contributed by atoms with Gasteiger partial charge in [0.2, 0.25) is 5.91 Å². The SMILES string of the molecule is CC(=O)n1nc2c(c1-c1cccs1)c(=O)[nH]c1ccccc12. The van der Waals surface area contributed by atoms with Crippen molar-refractivity contribution >= 4 is 39.0 Å². The molecule has 0 aliphatic carbocycles. The first-order valence-electron chi connectivity index (χ1n) is 6.75. The van der Waals surface area contributed by atoms with E-state index in [4.69, 9.17) is 0 Å². The molecule has 0 fully saturated rings. The van der Waals surface area contributed by atoms with Gasteiger partial charge in [-0.15, -0.1) is 11.3 Å². The summed E-state index contributed by atoms with van der Waals surface area (Å²) in [6.07, 6.45) is 0. The van der Waals surface area contributed by atoms with Crippen LogP contribution in [-0.2, 0) is 0 Å². The molecule has 0 aliphatic rings. The fraction of sp³-hybridized carbons (Fsp3) is 0.0625. The predicted octanol–water partition coefficient (Wildman–Crippen LogP) is 3.27. The number of nitrogens with one attached hydrogen (secondary N) is 1. The van der Waals surface area contributed by atoms with Gasteiger partial charge in [0, 0.05) is 12.3 Å². The van der Waals surface area contributed by atoms with Crippen LogP contribution in [0, 0.1) is 0 Å². The number of aromatic nitrogens is 3. The average molecular weight is 309 g/mol. The van der Waals surface area contributed by atoms with Crippen LogP contribution in [0.3, 0.4) is 0 Å². The summed E-state index contributed by atoms with van der Waals surface area (Å²) in [5.74, 6) is -0.219. The van der Waals surface area contributed by atoms with E-state index < -0.39 is 0 Å². The summed E-state index contributed by atoms with van der Waals surface area (Å²) in [6, 6.07) is 11.2. The number of para-hydroxylation sites is 1. The zero-order valence-corrected chi connectivity index (χ0v) is 12.5. The third-order valence-corrected chi connectivity index (χ3v) is 4.47. The van der Waals surface area contributed by atoms with Crippen molar-refractivity contribution in [1.29, 1.82) is 0 Å². The highest BCUT2D eigenvalue weighted by Gasteiger charge is 2.21. The Morgan fingerprint density at radius 3 is 2.77 bits per heavy atom. The number of hydrogen-bond donors (Lipinski definition) is 1. The second-order valence-electron chi connectivity index (χ2n) is 4.98. The molecule has 0 amide bonds. The number of benzene rings is 1. The third-order valence-electron chi connectivity index (χ3n) is 3.60. The van der Waals surface area contributed by atoms with Crippen LogP contribution in [0.25, 0.3) is 32.4 Å². The summed E-state index contributed by atoms with van der Waals surface area (Å²) < 4.78 is 1.32. The lowest BCUT2D eigenvalue weighted by Crippen LogP contribution is -2.10. The second kappa shape index (κ2) is 4.64. The van der Waals surface area contributed by atoms with Gasteiger partial charge in [0.15, 0.2) is 0 Å². The van der Waals surface area contributed by atoms with Gasteiger partial charge in [-0.3, -0.25) is 9.59 Å². The quantitative estimate of drug-likeness (QED) is 0.587. The molecule has 22 heavy (non-hydrogen) atoms. The van der Waals surface area contributed by atoms with E-state index in [2.05, 4.69) is 10.1 Å². The molecule has 1 aromatic carbocycles. The lowest BCUT2D eigenvalue weighted by Gasteiger charge is -2.00. The highest BCUT2D eigenvalue weighted by Crippen LogP contribution is 2.32. The Labute approximate surface area is 128 Å². The molecule has 3 heterocycles. The second-order valence-corrected chi connectivity index (χ2v) is 5.93. The van der Waals surface area contributed by atoms with Crippen LogP contribution < -0.4 is 5.56 Å². The molecule has 108 valence electrons. The minimum Gasteiger partial charge on any atom is -0.321 e. The normalized spacial score (nSPS) is 11.3. The molecular weight excluding hydrogens is 298 g/mol. The van der Waals surface area contributed by atoms with Gasteiger partial charge in [-0.2, -0.15) is 9.78 Å². The first-order valence-corrected chi connectivity index (χ1v) is 7.63. The number of rotatable bonds is 1. The smallest absolute Gasteiger partial charge is 0.260 e. The molecule has 0 aliphatic heterocycles. The first-order chi connectivity index (χ1) is 10.7. The van der Waals surface area contributed by atoms with E-state index in [1.54, 1.807) is 0 Å². The Kier molecular flexibility index (Phi) is 2.74. The average Bonchev–Trinajstić information content (AvgIpc) is 3.14. The minimum atomic E-state index is -0.232. The van der Waals surface area contributed by atoms with Crippen molar-refractivity contribution in [3.8, 4) is 10.6 Å². The van der Waals surface area contributed by atoms with E-state index in [1.807, 2.05) is 41.8 Å². The lowest BCUT2D eigenvalue weighted by atomic mass is 10.1. The number of pyridine rings is 1. The maximum absolute atomic E-state index is 12.5. The highest BCUT2D eigenvalue weighted by atomic mass is 32.1. The van der Waals surface area contributed by atoms with Gasteiger partial charge in [-0.25, -0.2) is 0 Å². The summed E-state index contributed by atoms with van der Waals surface area (Å²) in [6.45, 7) is 1.44. The zero-order valence-electron chi connectivity index (χ0n) is 11.7. The Hall–Kier alpha value is -2.73. The third kappa shape index (κ3) is 1.74. The van der Waals surface area contributed by atoms with E-state index in [1.165, 1.54) is 22.9 Å². The fourth-order valence-corrected chi connectivity index (χ4v) is 3.43. The zero-order chi connectivity index (χ0) is 15.3. The van der Waals surface area contributed by atoms with Crippen molar-refractivity contribution in [2.75, 3.05) is 0 Å². The van der Waals surface area contributed by atoms with Crippen molar-refractivity contribution < 1.29 is 4.79 Å². The molecule has 0 bridgehead atoms. The van der Waals surface area contributed by atoms with Crippen LogP contribution in [0.5, 0.6) is 0 Å². The van der Waals surface area contributed by atoms with Gasteiger partial charge in [0.1, 0.15) is 11.2 Å². The molecule has 4 aromatic rings.